The molecule has 0 saturated heterocycles. The molecule has 0 aliphatic heterocycles. The average molecular weight is 422 g/mol. The van der Waals surface area contributed by atoms with Gasteiger partial charge >= 0.3 is 0 Å². The standard InChI is InChI=1S/C17H15FN4O4S2/c1-26-12-8-6-11(7-9-12)20-16(23)17-22-21-15(27-17)10-19-28(24,25)14-5-3-2-4-13(14)18/h2-9,19H,10H2,1H3,(H,20,23). The Balaban J connectivity index is 1.63. The van der Waals surface area contributed by atoms with Gasteiger partial charge in [0.25, 0.3) is 5.91 Å². The van der Waals surface area contributed by atoms with Crippen LogP contribution in [0.15, 0.2) is 53.4 Å². The highest BCUT2D eigenvalue weighted by Crippen LogP contribution is 2.18. The Morgan fingerprint density at radius 1 is 1.14 bits per heavy atom. The summed E-state index contributed by atoms with van der Waals surface area (Å²) in [4.78, 5) is 11.8. The molecule has 2 aromatic carbocycles. The van der Waals surface area contributed by atoms with Gasteiger partial charge in [0.2, 0.25) is 15.0 Å². The minimum atomic E-state index is -4.05. The molecule has 1 aromatic heterocycles. The molecular formula is C17H15FN4O4S2. The fourth-order valence-electron chi connectivity index (χ4n) is 2.17. The summed E-state index contributed by atoms with van der Waals surface area (Å²) < 4.78 is 45.3. The number of nitrogens with zero attached hydrogens (tertiary/aromatic N) is 2. The molecule has 28 heavy (non-hydrogen) atoms. The van der Waals surface area contributed by atoms with Crippen molar-refractivity contribution < 1.29 is 22.3 Å². The molecular weight excluding hydrogens is 407 g/mol. The smallest absolute Gasteiger partial charge is 0.286 e. The van der Waals surface area contributed by atoms with Crippen molar-refractivity contribution in [2.24, 2.45) is 0 Å². The van der Waals surface area contributed by atoms with Gasteiger partial charge in [0.15, 0.2) is 0 Å². The second kappa shape index (κ2) is 8.42. The molecule has 0 radical (unpaired) electrons. The molecule has 8 nitrogen and oxygen atoms in total. The summed E-state index contributed by atoms with van der Waals surface area (Å²) >= 11 is 0.928. The van der Waals surface area contributed by atoms with Crippen LogP contribution in [0, 0.1) is 5.82 Å². The van der Waals surface area contributed by atoms with Crippen molar-refractivity contribution in [2.75, 3.05) is 12.4 Å². The summed E-state index contributed by atoms with van der Waals surface area (Å²) in [7, 11) is -2.52. The second-order valence-electron chi connectivity index (χ2n) is 5.44. The molecule has 0 unspecified atom stereocenters. The van der Waals surface area contributed by atoms with Crippen molar-refractivity contribution in [3.63, 3.8) is 0 Å². The summed E-state index contributed by atoms with van der Waals surface area (Å²) in [6, 6.07) is 11.8. The van der Waals surface area contributed by atoms with Gasteiger partial charge in [-0.3, -0.25) is 4.79 Å². The first-order valence-corrected chi connectivity index (χ1v) is 10.2. The lowest BCUT2D eigenvalue weighted by molar-refractivity contribution is 0.102. The number of anilines is 1. The van der Waals surface area contributed by atoms with Crippen molar-refractivity contribution in [1.82, 2.24) is 14.9 Å². The quantitative estimate of drug-likeness (QED) is 0.605. The third kappa shape index (κ3) is 4.68. The zero-order valence-corrected chi connectivity index (χ0v) is 16.2. The highest BCUT2D eigenvalue weighted by Gasteiger charge is 2.20. The van der Waals surface area contributed by atoms with Crippen molar-refractivity contribution >= 4 is 33.0 Å². The van der Waals surface area contributed by atoms with E-state index in [4.69, 9.17) is 4.74 Å². The number of carbonyl (C=O) groups excluding carboxylic acids is 1. The normalized spacial score (nSPS) is 11.2. The predicted molar refractivity (Wildman–Crippen MR) is 101 cm³/mol. The Kier molecular flexibility index (Phi) is 5.97. The van der Waals surface area contributed by atoms with Gasteiger partial charge in [-0.1, -0.05) is 23.5 Å². The van der Waals surface area contributed by atoms with Crippen LogP contribution in [0.25, 0.3) is 0 Å². The summed E-state index contributed by atoms with van der Waals surface area (Å²) in [5, 5.41) is 10.5. The number of sulfonamides is 1. The lowest BCUT2D eigenvalue weighted by Gasteiger charge is -2.05. The van der Waals surface area contributed by atoms with Crippen molar-refractivity contribution in [1.29, 1.82) is 0 Å². The monoisotopic (exact) mass is 422 g/mol. The zero-order chi connectivity index (χ0) is 20.1. The summed E-state index contributed by atoms with van der Waals surface area (Å²) in [5.41, 5.74) is 0.544. The Labute approximate surface area is 164 Å². The van der Waals surface area contributed by atoms with Crippen LogP contribution in [0.5, 0.6) is 5.75 Å². The highest BCUT2D eigenvalue weighted by molar-refractivity contribution is 7.89. The van der Waals surface area contributed by atoms with Gasteiger partial charge in [-0.05, 0) is 36.4 Å². The lowest BCUT2D eigenvalue weighted by atomic mass is 10.3. The summed E-state index contributed by atoms with van der Waals surface area (Å²) in [6.45, 7) is -0.218. The zero-order valence-electron chi connectivity index (χ0n) is 14.5. The second-order valence-corrected chi connectivity index (χ2v) is 8.24. The Bertz CT molecular complexity index is 1080. The molecule has 0 saturated carbocycles. The van der Waals surface area contributed by atoms with Gasteiger partial charge in [0, 0.05) is 5.69 Å². The van der Waals surface area contributed by atoms with Crippen LogP contribution in [-0.2, 0) is 16.6 Å². The van der Waals surface area contributed by atoms with Gasteiger partial charge in [-0.2, -0.15) is 0 Å². The maximum Gasteiger partial charge on any atom is 0.286 e. The average Bonchev–Trinajstić information content (AvgIpc) is 3.17. The minimum Gasteiger partial charge on any atom is -0.497 e. The molecule has 146 valence electrons. The molecule has 11 heteroatoms. The van der Waals surface area contributed by atoms with E-state index in [9.17, 15) is 17.6 Å². The largest absolute Gasteiger partial charge is 0.497 e. The van der Waals surface area contributed by atoms with Crippen LogP contribution in [0.2, 0.25) is 0 Å². The van der Waals surface area contributed by atoms with Gasteiger partial charge in [-0.25, -0.2) is 17.5 Å². The van der Waals surface area contributed by atoms with E-state index in [1.807, 2.05) is 0 Å². The first-order chi connectivity index (χ1) is 13.4. The third-order valence-electron chi connectivity index (χ3n) is 3.55. The fourth-order valence-corrected chi connectivity index (χ4v) is 4.00. The number of methoxy groups -OCH3 is 1. The van der Waals surface area contributed by atoms with Crippen LogP contribution >= 0.6 is 11.3 Å². The topological polar surface area (TPSA) is 110 Å². The van der Waals surface area contributed by atoms with Gasteiger partial charge in [-0.15, -0.1) is 10.2 Å². The van der Waals surface area contributed by atoms with Crippen molar-refractivity contribution in [2.45, 2.75) is 11.4 Å². The van der Waals surface area contributed by atoms with Crippen LogP contribution in [-0.4, -0.2) is 31.6 Å². The van der Waals surface area contributed by atoms with E-state index < -0.39 is 26.6 Å². The third-order valence-corrected chi connectivity index (χ3v) is 5.91. The Morgan fingerprint density at radius 2 is 1.86 bits per heavy atom. The molecule has 0 fully saturated rings. The van der Waals surface area contributed by atoms with Gasteiger partial charge in [0.1, 0.15) is 21.5 Å². The Hall–Kier alpha value is -2.89. The lowest BCUT2D eigenvalue weighted by Crippen LogP contribution is -2.24. The first-order valence-electron chi connectivity index (χ1n) is 7.91. The molecule has 0 aliphatic rings. The van der Waals surface area contributed by atoms with Gasteiger partial charge in [0.05, 0.1) is 13.7 Å². The number of hydrogen-bond donors (Lipinski definition) is 2. The summed E-state index contributed by atoms with van der Waals surface area (Å²) in [5.74, 6) is -0.684. The van der Waals surface area contributed by atoms with Crippen LogP contribution < -0.4 is 14.8 Å². The molecule has 3 rings (SSSR count). The van der Waals surface area contributed by atoms with E-state index in [0.717, 1.165) is 23.5 Å². The highest BCUT2D eigenvalue weighted by atomic mass is 32.2. The van der Waals surface area contributed by atoms with Crippen LogP contribution in [0.1, 0.15) is 14.8 Å². The molecule has 1 amide bonds. The predicted octanol–water partition coefficient (Wildman–Crippen LogP) is 2.42. The molecule has 1 heterocycles. The minimum absolute atomic E-state index is 0.0657. The molecule has 3 aromatic rings. The molecule has 2 N–H and O–H groups in total. The van der Waals surface area contributed by atoms with Crippen molar-refractivity contribution in [3.05, 3.63) is 64.4 Å². The van der Waals surface area contributed by atoms with Crippen LogP contribution in [0.3, 0.4) is 0 Å². The fraction of sp³-hybridized carbons (Fsp3) is 0.118. The number of halogens is 1. The number of hydrogen-bond acceptors (Lipinski definition) is 7. The number of aromatic nitrogens is 2. The number of carbonyl (C=O) groups is 1. The number of amides is 1. The number of benzene rings is 2. The first kappa shape index (κ1) is 19.9. The maximum atomic E-state index is 13.7. The summed E-state index contributed by atoms with van der Waals surface area (Å²) in [6.07, 6.45) is 0. The van der Waals surface area contributed by atoms with E-state index in [0.29, 0.717) is 11.4 Å². The molecule has 0 bridgehead atoms. The molecule has 0 atom stereocenters. The van der Waals surface area contributed by atoms with E-state index >= 15 is 0 Å². The van der Waals surface area contributed by atoms with Gasteiger partial charge < -0.3 is 10.1 Å². The number of rotatable bonds is 7. The van der Waals surface area contributed by atoms with Crippen LogP contribution in [0.4, 0.5) is 10.1 Å². The SMILES string of the molecule is COc1ccc(NC(=O)c2nnc(CNS(=O)(=O)c3ccccc3F)s2)cc1. The van der Waals surface area contributed by atoms with E-state index in [-0.39, 0.29) is 16.6 Å². The number of nitrogens with one attached hydrogen (secondary N) is 2. The van der Waals surface area contributed by atoms with E-state index in [1.54, 1.807) is 24.3 Å². The molecule has 0 aliphatic carbocycles. The molecule has 0 spiro atoms. The van der Waals surface area contributed by atoms with E-state index in [2.05, 4.69) is 20.2 Å². The van der Waals surface area contributed by atoms with E-state index in [1.165, 1.54) is 19.2 Å². The van der Waals surface area contributed by atoms with Crippen molar-refractivity contribution in [3.8, 4) is 5.75 Å². The maximum absolute atomic E-state index is 13.7. The number of ether oxygens (including phenoxy) is 1. The Morgan fingerprint density at radius 3 is 2.54 bits per heavy atom.